The minimum Gasteiger partial charge on any atom is -0.489 e. The van der Waals surface area contributed by atoms with E-state index in [1.807, 2.05) is 88.7 Å². The molecule has 11 heteroatoms. The van der Waals surface area contributed by atoms with Crippen molar-refractivity contribution in [2.45, 2.75) is 32.4 Å². The van der Waals surface area contributed by atoms with Gasteiger partial charge in [-0.15, -0.1) is 11.3 Å². The van der Waals surface area contributed by atoms with Gasteiger partial charge in [-0.25, -0.2) is 4.98 Å². The van der Waals surface area contributed by atoms with Crippen LogP contribution in [0.1, 0.15) is 37.7 Å². The van der Waals surface area contributed by atoms with Gasteiger partial charge in [0.15, 0.2) is 0 Å². The molecule has 2 heterocycles. The summed E-state index contributed by atoms with van der Waals surface area (Å²) in [6.45, 7) is 4.03. The van der Waals surface area contributed by atoms with Crippen LogP contribution in [0.15, 0.2) is 109 Å². The molecule has 0 atom stereocenters. The predicted molar refractivity (Wildman–Crippen MR) is 183 cm³/mol. The Hall–Kier alpha value is -4.38. The van der Waals surface area contributed by atoms with Crippen LogP contribution in [0.25, 0.3) is 0 Å². The maximum atomic E-state index is 13.5. The molecule has 248 valence electrons. The topological polar surface area (TPSA) is 48.9 Å². The zero-order valence-electron chi connectivity index (χ0n) is 26.1. The Morgan fingerprint density at radius 3 is 2.25 bits per heavy atom. The van der Waals surface area contributed by atoms with Gasteiger partial charge in [-0.2, -0.15) is 13.2 Å². The standard InChI is InChI=1S/C37H34ClF3N4O2S/c38-31-10-5-11-32(21-31)44-16-18-45(19-17-44)36(46)34-26-48-35(42-34)24-43(23-29-8-4-9-30(20-29)37(39,40)41)22-27-12-14-33(15-13-27)47-25-28-6-2-1-3-7-28/h1-15,20-21,26H,16-19,22-25H2. The van der Waals surface area contributed by atoms with Crippen molar-refractivity contribution in [2.24, 2.45) is 0 Å². The van der Waals surface area contributed by atoms with Crippen molar-refractivity contribution in [1.29, 1.82) is 0 Å². The molecule has 1 saturated heterocycles. The van der Waals surface area contributed by atoms with E-state index in [4.69, 9.17) is 16.3 Å². The average molecular weight is 691 g/mol. The predicted octanol–water partition coefficient (Wildman–Crippen LogP) is 8.56. The van der Waals surface area contributed by atoms with Gasteiger partial charge in [-0.05, 0) is 53.1 Å². The highest BCUT2D eigenvalue weighted by Crippen LogP contribution is 2.30. The number of piperazine rings is 1. The number of carbonyl (C=O) groups is 1. The highest BCUT2D eigenvalue weighted by Gasteiger charge is 2.30. The summed E-state index contributed by atoms with van der Waals surface area (Å²) < 4.78 is 46.4. The van der Waals surface area contributed by atoms with Crippen LogP contribution < -0.4 is 9.64 Å². The summed E-state index contributed by atoms with van der Waals surface area (Å²) in [6.07, 6.45) is -4.43. The number of rotatable bonds is 11. The molecule has 6 rings (SSSR count). The van der Waals surface area contributed by atoms with Gasteiger partial charge < -0.3 is 14.5 Å². The number of thiazole rings is 1. The van der Waals surface area contributed by atoms with Crippen molar-refractivity contribution in [3.05, 3.63) is 146 Å². The van der Waals surface area contributed by atoms with Crippen molar-refractivity contribution in [2.75, 3.05) is 31.1 Å². The van der Waals surface area contributed by atoms with Gasteiger partial charge in [-0.1, -0.05) is 78.3 Å². The van der Waals surface area contributed by atoms with Crippen LogP contribution in [-0.4, -0.2) is 46.9 Å². The molecule has 1 aliphatic rings. The SMILES string of the molecule is O=C(c1csc(CN(Cc2ccc(OCc3ccccc3)cc2)Cc2cccc(C(F)(F)F)c2)n1)N1CCN(c2cccc(Cl)c2)CC1. The summed E-state index contributed by atoms with van der Waals surface area (Å²) in [6, 6.07) is 30.7. The second kappa shape index (κ2) is 15.2. The number of halogens is 4. The minimum absolute atomic E-state index is 0.126. The van der Waals surface area contributed by atoms with Gasteiger partial charge in [0, 0.05) is 55.4 Å². The van der Waals surface area contributed by atoms with E-state index in [0.717, 1.165) is 28.6 Å². The Labute approximate surface area is 287 Å². The highest BCUT2D eigenvalue weighted by molar-refractivity contribution is 7.09. The maximum absolute atomic E-state index is 13.5. The number of aromatic nitrogens is 1. The first-order valence-electron chi connectivity index (χ1n) is 15.6. The molecule has 0 bridgehead atoms. The monoisotopic (exact) mass is 690 g/mol. The number of anilines is 1. The van der Waals surface area contributed by atoms with Gasteiger partial charge in [0.1, 0.15) is 23.1 Å². The van der Waals surface area contributed by atoms with Crippen LogP contribution in [-0.2, 0) is 32.4 Å². The molecule has 1 amide bonds. The van der Waals surface area contributed by atoms with Crippen LogP contribution in [0.4, 0.5) is 18.9 Å². The van der Waals surface area contributed by atoms with Crippen molar-refractivity contribution in [3.8, 4) is 5.75 Å². The molecule has 1 aromatic heterocycles. The summed E-state index contributed by atoms with van der Waals surface area (Å²) in [5.74, 6) is 0.599. The molecule has 6 nitrogen and oxygen atoms in total. The lowest BCUT2D eigenvalue weighted by Gasteiger charge is -2.35. The number of nitrogens with zero attached hydrogens (tertiary/aromatic N) is 4. The molecule has 0 spiro atoms. The molecule has 4 aromatic carbocycles. The fourth-order valence-electron chi connectivity index (χ4n) is 5.64. The fraction of sp³-hybridized carbons (Fsp3) is 0.243. The van der Waals surface area contributed by atoms with E-state index in [1.165, 1.54) is 23.5 Å². The van der Waals surface area contributed by atoms with Crippen LogP contribution in [0.2, 0.25) is 5.02 Å². The molecule has 0 aliphatic carbocycles. The first-order valence-corrected chi connectivity index (χ1v) is 16.8. The van der Waals surface area contributed by atoms with Crippen LogP contribution >= 0.6 is 22.9 Å². The summed E-state index contributed by atoms with van der Waals surface area (Å²) >= 11 is 7.54. The largest absolute Gasteiger partial charge is 0.489 e. The average Bonchev–Trinajstić information content (AvgIpc) is 3.56. The number of carbonyl (C=O) groups excluding carboxylic acids is 1. The Bertz CT molecular complexity index is 1810. The molecule has 5 aromatic rings. The lowest BCUT2D eigenvalue weighted by atomic mass is 10.1. The zero-order valence-corrected chi connectivity index (χ0v) is 27.6. The third-order valence-corrected chi connectivity index (χ3v) is 9.18. The van der Waals surface area contributed by atoms with E-state index in [1.54, 1.807) is 11.4 Å². The van der Waals surface area contributed by atoms with Crippen molar-refractivity contribution in [1.82, 2.24) is 14.8 Å². The van der Waals surface area contributed by atoms with Crippen molar-refractivity contribution < 1.29 is 22.7 Å². The normalized spacial score (nSPS) is 13.6. The number of alkyl halides is 3. The third-order valence-electron chi connectivity index (χ3n) is 8.11. The molecular weight excluding hydrogens is 657 g/mol. The van der Waals surface area contributed by atoms with E-state index < -0.39 is 11.7 Å². The van der Waals surface area contributed by atoms with Gasteiger partial charge in [0.2, 0.25) is 0 Å². The van der Waals surface area contributed by atoms with E-state index in [-0.39, 0.29) is 12.5 Å². The zero-order chi connectivity index (χ0) is 33.5. The Balaban J connectivity index is 1.12. The minimum atomic E-state index is -4.43. The molecule has 0 saturated carbocycles. The quantitative estimate of drug-likeness (QED) is 0.139. The van der Waals surface area contributed by atoms with Gasteiger partial charge in [0.05, 0.1) is 12.1 Å². The van der Waals surface area contributed by atoms with Crippen LogP contribution in [0.3, 0.4) is 0 Å². The van der Waals surface area contributed by atoms with Gasteiger partial charge in [0.25, 0.3) is 5.91 Å². The van der Waals surface area contributed by atoms with Crippen LogP contribution in [0.5, 0.6) is 5.75 Å². The maximum Gasteiger partial charge on any atom is 0.416 e. The van der Waals surface area contributed by atoms with E-state index in [0.29, 0.717) is 67.2 Å². The fourth-order valence-corrected chi connectivity index (χ4v) is 6.63. The smallest absolute Gasteiger partial charge is 0.416 e. The number of ether oxygens (including phenoxy) is 1. The Morgan fingerprint density at radius 1 is 0.812 bits per heavy atom. The van der Waals surface area contributed by atoms with Crippen molar-refractivity contribution in [3.63, 3.8) is 0 Å². The molecule has 1 fully saturated rings. The lowest BCUT2D eigenvalue weighted by molar-refractivity contribution is -0.137. The van der Waals surface area contributed by atoms with E-state index in [2.05, 4.69) is 9.88 Å². The lowest BCUT2D eigenvalue weighted by Crippen LogP contribution is -2.48. The molecular formula is C37H34ClF3N4O2S. The summed E-state index contributed by atoms with van der Waals surface area (Å²) in [5, 5.41) is 3.15. The second-order valence-electron chi connectivity index (χ2n) is 11.6. The highest BCUT2D eigenvalue weighted by atomic mass is 35.5. The summed E-state index contributed by atoms with van der Waals surface area (Å²) in [7, 11) is 0. The van der Waals surface area contributed by atoms with Gasteiger partial charge >= 0.3 is 6.18 Å². The Kier molecular flexibility index (Phi) is 10.6. The number of amides is 1. The first kappa shape index (κ1) is 33.5. The second-order valence-corrected chi connectivity index (χ2v) is 13.0. The first-order chi connectivity index (χ1) is 23.2. The number of benzene rings is 4. The molecule has 0 radical (unpaired) electrons. The van der Waals surface area contributed by atoms with E-state index in [9.17, 15) is 18.0 Å². The summed E-state index contributed by atoms with van der Waals surface area (Å²) in [4.78, 5) is 24.1. The van der Waals surface area contributed by atoms with Gasteiger partial charge in [-0.3, -0.25) is 9.69 Å². The van der Waals surface area contributed by atoms with E-state index >= 15 is 0 Å². The molecule has 1 aliphatic heterocycles. The molecule has 0 unspecified atom stereocenters. The summed E-state index contributed by atoms with van der Waals surface area (Å²) in [5.41, 5.74) is 3.30. The van der Waals surface area contributed by atoms with Crippen molar-refractivity contribution >= 4 is 34.5 Å². The third kappa shape index (κ3) is 8.94. The number of hydrogen-bond acceptors (Lipinski definition) is 6. The molecule has 48 heavy (non-hydrogen) atoms. The molecule has 0 N–H and O–H groups in total. The number of hydrogen-bond donors (Lipinski definition) is 0. The van der Waals surface area contributed by atoms with Crippen LogP contribution in [0, 0.1) is 0 Å². The Morgan fingerprint density at radius 2 is 1.52 bits per heavy atom.